The molecule has 0 bridgehead atoms. The molecule has 5 heteroatoms. The molecule has 0 radical (unpaired) electrons. The van der Waals surface area contributed by atoms with E-state index < -0.39 is 11.7 Å². The smallest absolute Gasteiger partial charge is 0.291 e. The van der Waals surface area contributed by atoms with Crippen molar-refractivity contribution >= 4 is 22.6 Å². The zero-order valence-corrected chi connectivity index (χ0v) is 12.6. The van der Waals surface area contributed by atoms with E-state index in [9.17, 15) is 14.0 Å². The molecule has 0 fully saturated rings. The topological polar surface area (TPSA) is 59.3 Å². The normalized spacial score (nSPS) is 10.7. The van der Waals surface area contributed by atoms with Crippen molar-refractivity contribution in [2.75, 3.05) is 5.32 Å². The maximum Gasteiger partial charge on any atom is 0.291 e. The first kappa shape index (κ1) is 15.0. The number of anilines is 1. The third-order valence-electron chi connectivity index (χ3n) is 3.76. The summed E-state index contributed by atoms with van der Waals surface area (Å²) in [6.07, 6.45) is 0. The summed E-state index contributed by atoms with van der Waals surface area (Å²) in [6.45, 7) is 3.71. The maximum absolute atomic E-state index is 13.6. The minimum absolute atomic E-state index is 0.0289. The lowest BCUT2D eigenvalue weighted by atomic mass is 10.1. The van der Waals surface area contributed by atoms with Gasteiger partial charge in [-0.15, -0.1) is 0 Å². The fraction of sp³-hybridized carbons (Fsp3) is 0.111. The van der Waals surface area contributed by atoms with Crippen molar-refractivity contribution in [3.8, 4) is 0 Å². The zero-order valence-electron chi connectivity index (χ0n) is 12.6. The van der Waals surface area contributed by atoms with Gasteiger partial charge in [0.25, 0.3) is 5.91 Å². The largest absolute Gasteiger partial charge is 0.450 e. The zero-order chi connectivity index (χ0) is 16.6. The number of rotatable bonds is 2. The van der Waals surface area contributed by atoms with E-state index in [1.54, 1.807) is 12.1 Å². The number of benzene rings is 2. The lowest BCUT2D eigenvalue weighted by molar-refractivity contribution is 0.0996. The van der Waals surface area contributed by atoms with Crippen LogP contribution < -0.4 is 10.7 Å². The first-order valence-electron chi connectivity index (χ1n) is 7.07. The SMILES string of the molecule is Cc1ccc2c(=O)cc(C(=O)Nc3ccccc3F)oc2c1C. The molecule has 116 valence electrons. The second-order valence-corrected chi connectivity index (χ2v) is 5.29. The molecule has 0 aliphatic rings. The number of aryl methyl sites for hydroxylation is 2. The van der Waals surface area contributed by atoms with E-state index in [2.05, 4.69) is 5.32 Å². The predicted octanol–water partition coefficient (Wildman–Crippen LogP) is 3.80. The molecule has 3 aromatic rings. The fourth-order valence-electron chi connectivity index (χ4n) is 2.31. The standard InChI is InChI=1S/C18H14FNO3/c1-10-7-8-12-15(21)9-16(23-17(12)11(10)2)18(22)20-14-6-4-3-5-13(14)19/h3-9H,1-2H3,(H,20,22). The summed E-state index contributed by atoms with van der Waals surface area (Å²) in [5.41, 5.74) is 1.83. The number of para-hydroxylation sites is 1. The average Bonchev–Trinajstić information content (AvgIpc) is 2.53. The molecule has 0 aliphatic heterocycles. The third kappa shape index (κ3) is 2.73. The lowest BCUT2D eigenvalue weighted by Crippen LogP contribution is -2.16. The lowest BCUT2D eigenvalue weighted by Gasteiger charge is -2.08. The van der Waals surface area contributed by atoms with Crippen LogP contribution in [0.3, 0.4) is 0 Å². The number of halogens is 1. The highest BCUT2D eigenvalue weighted by molar-refractivity contribution is 6.03. The molecule has 3 rings (SSSR count). The summed E-state index contributed by atoms with van der Waals surface area (Å²) >= 11 is 0. The Morgan fingerprint density at radius 1 is 1.13 bits per heavy atom. The number of hydrogen-bond donors (Lipinski definition) is 1. The van der Waals surface area contributed by atoms with Crippen LogP contribution >= 0.6 is 0 Å². The molecule has 1 heterocycles. The molecule has 0 atom stereocenters. The van der Waals surface area contributed by atoms with E-state index in [1.165, 1.54) is 18.2 Å². The Morgan fingerprint density at radius 3 is 2.61 bits per heavy atom. The summed E-state index contributed by atoms with van der Waals surface area (Å²) in [7, 11) is 0. The fourth-order valence-corrected chi connectivity index (χ4v) is 2.31. The Bertz CT molecular complexity index is 976. The van der Waals surface area contributed by atoms with Crippen LogP contribution in [0.5, 0.6) is 0 Å². The summed E-state index contributed by atoms with van der Waals surface area (Å²) in [5.74, 6) is -1.38. The van der Waals surface area contributed by atoms with Gasteiger partial charge in [-0.2, -0.15) is 0 Å². The van der Waals surface area contributed by atoms with Gasteiger partial charge in [-0.05, 0) is 43.2 Å². The quantitative estimate of drug-likeness (QED) is 0.783. The molecule has 0 saturated carbocycles. The van der Waals surface area contributed by atoms with E-state index >= 15 is 0 Å². The van der Waals surface area contributed by atoms with Crippen LogP contribution in [0.4, 0.5) is 10.1 Å². The molecule has 0 unspecified atom stereocenters. The van der Waals surface area contributed by atoms with Gasteiger partial charge < -0.3 is 9.73 Å². The molecule has 1 N–H and O–H groups in total. The number of hydrogen-bond acceptors (Lipinski definition) is 3. The molecule has 0 aliphatic carbocycles. The number of carbonyl (C=O) groups excluding carboxylic acids is 1. The molecule has 23 heavy (non-hydrogen) atoms. The molecule has 4 nitrogen and oxygen atoms in total. The van der Waals surface area contributed by atoms with Crippen LogP contribution in [-0.2, 0) is 0 Å². The summed E-state index contributed by atoms with van der Waals surface area (Å²) in [6, 6.07) is 10.4. The van der Waals surface area contributed by atoms with Gasteiger partial charge in [0, 0.05) is 6.07 Å². The molecule has 2 aromatic carbocycles. The highest BCUT2D eigenvalue weighted by atomic mass is 19.1. The first-order valence-corrected chi connectivity index (χ1v) is 7.07. The van der Waals surface area contributed by atoms with Crippen molar-refractivity contribution in [2.24, 2.45) is 0 Å². The van der Waals surface area contributed by atoms with Crippen molar-refractivity contribution in [1.29, 1.82) is 0 Å². The maximum atomic E-state index is 13.6. The van der Waals surface area contributed by atoms with E-state index in [0.717, 1.165) is 17.2 Å². The minimum atomic E-state index is -0.671. The first-order chi connectivity index (χ1) is 11.0. The van der Waals surface area contributed by atoms with Gasteiger partial charge in [0.05, 0.1) is 11.1 Å². The summed E-state index contributed by atoms with van der Waals surface area (Å²) in [4.78, 5) is 24.4. The number of amides is 1. The monoisotopic (exact) mass is 311 g/mol. The Hall–Kier alpha value is -2.95. The van der Waals surface area contributed by atoms with Gasteiger partial charge in [-0.1, -0.05) is 18.2 Å². The Labute approximate surface area is 131 Å². The molecule has 1 amide bonds. The number of nitrogens with one attached hydrogen (secondary N) is 1. The van der Waals surface area contributed by atoms with Gasteiger partial charge in [-0.3, -0.25) is 9.59 Å². The number of carbonyl (C=O) groups is 1. The van der Waals surface area contributed by atoms with Crippen LogP contribution in [0.2, 0.25) is 0 Å². The van der Waals surface area contributed by atoms with E-state index in [1.807, 2.05) is 19.9 Å². The van der Waals surface area contributed by atoms with Crippen LogP contribution in [0, 0.1) is 19.7 Å². The Morgan fingerprint density at radius 2 is 1.87 bits per heavy atom. The van der Waals surface area contributed by atoms with E-state index in [0.29, 0.717) is 11.0 Å². The minimum Gasteiger partial charge on any atom is -0.450 e. The molecular weight excluding hydrogens is 297 g/mol. The van der Waals surface area contributed by atoms with E-state index in [4.69, 9.17) is 4.42 Å². The van der Waals surface area contributed by atoms with Gasteiger partial charge >= 0.3 is 0 Å². The third-order valence-corrected chi connectivity index (χ3v) is 3.76. The highest BCUT2D eigenvalue weighted by Gasteiger charge is 2.15. The Kier molecular flexibility index (Phi) is 3.70. The van der Waals surface area contributed by atoms with Crippen molar-refractivity contribution in [3.05, 3.63) is 75.4 Å². The number of fused-ring (bicyclic) bond motifs is 1. The van der Waals surface area contributed by atoms with Crippen LogP contribution in [0.1, 0.15) is 21.7 Å². The van der Waals surface area contributed by atoms with Gasteiger partial charge in [0.1, 0.15) is 11.4 Å². The van der Waals surface area contributed by atoms with Gasteiger partial charge in [-0.25, -0.2) is 4.39 Å². The van der Waals surface area contributed by atoms with Crippen LogP contribution in [-0.4, -0.2) is 5.91 Å². The van der Waals surface area contributed by atoms with Gasteiger partial charge in [0.15, 0.2) is 11.2 Å². The average molecular weight is 311 g/mol. The second-order valence-electron chi connectivity index (χ2n) is 5.29. The van der Waals surface area contributed by atoms with Gasteiger partial charge in [0.2, 0.25) is 0 Å². The van der Waals surface area contributed by atoms with Crippen LogP contribution in [0.25, 0.3) is 11.0 Å². The van der Waals surface area contributed by atoms with Crippen molar-refractivity contribution in [2.45, 2.75) is 13.8 Å². The van der Waals surface area contributed by atoms with Crippen LogP contribution in [0.15, 0.2) is 51.7 Å². The second kappa shape index (κ2) is 5.68. The van der Waals surface area contributed by atoms with E-state index in [-0.39, 0.29) is 16.9 Å². The van der Waals surface area contributed by atoms with Crippen molar-refractivity contribution < 1.29 is 13.6 Å². The van der Waals surface area contributed by atoms with Crippen molar-refractivity contribution in [3.63, 3.8) is 0 Å². The highest BCUT2D eigenvalue weighted by Crippen LogP contribution is 2.21. The molecule has 1 aromatic heterocycles. The molecular formula is C18H14FNO3. The van der Waals surface area contributed by atoms with Crippen molar-refractivity contribution in [1.82, 2.24) is 0 Å². The predicted molar refractivity (Wildman–Crippen MR) is 86.3 cm³/mol. The molecule has 0 saturated heterocycles. The Balaban J connectivity index is 2.06. The summed E-state index contributed by atoms with van der Waals surface area (Å²) in [5, 5.41) is 2.82. The molecule has 0 spiro atoms. The summed E-state index contributed by atoms with van der Waals surface area (Å²) < 4.78 is 19.2.